The summed E-state index contributed by atoms with van der Waals surface area (Å²) < 4.78 is 0. The minimum absolute atomic E-state index is 0.0171. The van der Waals surface area contributed by atoms with Crippen LogP contribution in [0.25, 0.3) is 0 Å². The summed E-state index contributed by atoms with van der Waals surface area (Å²) in [4.78, 5) is 25.0. The lowest BCUT2D eigenvalue weighted by atomic mass is 9.96. The Balaban J connectivity index is 2.09. The van der Waals surface area contributed by atoms with Gasteiger partial charge in [0.25, 0.3) is 0 Å². The highest BCUT2D eigenvalue weighted by Gasteiger charge is 2.19. The van der Waals surface area contributed by atoms with E-state index in [9.17, 15) is 9.59 Å². The fraction of sp³-hybridized carbons (Fsp3) is 0.867. The second-order valence-electron chi connectivity index (χ2n) is 6.25. The first-order valence-electron chi connectivity index (χ1n) is 7.97. The Labute approximate surface area is 127 Å². The highest BCUT2D eigenvalue weighted by atomic mass is 16.2. The van der Waals surface area contributed by atoms with E-state index in [2.05, 4.69) is 29.4 Å². The van der Waals surface area contributed by atoms with Gasteiger partial charge in [-0.2, -0.15) is 0 Å². The predicted octanol–water partition coefficient (Wildman–Crippen LogP) is -0.0644. The fourth-order valence-electron chi connectivity index (χ4n) is 2.43. The zero-order chi connectivity index (χ0) is 15.7. The topological polar surface area (TPSA) is 87.5 Å². The van der Waals surface area contributed by atoms with Crippen LogP contribution in [0.3, 0.4) is 0 Å². The van der Waals surface area contributed by atoms with E-state index in [1.54, 1.807) is 0 Å². The molecule has 21 heavy (non-hydrogen) atoms. The summed E-state index contributed by atoms with van der Waals surface area (Å²) in [5.74, 6) is 0.864. The largest absolute Gasteiger partial charge is 0.354 e. The molecule has 6 nitrogen and oxygen atoms in total. The van der Waals surface area contributed by atoms with E-state index in [1.165, 1.54) is 13.0 Å². The molecule has 1 aliphatic rings. The van der Waals surface area contributed by atoms with Gasteiger partial charge >= 0.3 is 0 Å². The van der Waals surface area contributed by atoms with Gasteiger partial charge in [0.05, 0.1) is 13.1 Å². The molecule has 6 heteroatoms. The highest BCUT2D eigenvalue weighted by molar-refractivity contribution is 5.85. The smallest absolute Gasteiger partial charge is 0.239 e. The third-order valence-corrected chi connectivity index (χ3v) is 3.95. The number of rotatable bonds is 8. The molecule has 0 unspecified atom stereocenters. The summed E-state index contributed by atoms with van der Waals surface area (Å²) in [5.41, 5.74) is 5.16. The van der Waals surface area contributed by atoms with Crippen molar-refractivity contribution < 1.29 is 9.59 Å². The lowest BCUT2D eigenvalue weighted by Gasteiger charge is -2.32. The molecule has 0 bridgehead atoms. The molecule has 1 rings (SSSR count). The molecule has 1 fully saturated rings. The number of carbonyl (C=O) groups is 2. The molecule has 0 saturated carbocycles. The Kier molecular flexibility index (Phi) is 8.30. The van der Waals surface area contributed by atoms with Crippen molar-refractivity contribution in [1.29, 1.82) is 0 Å². The molecular formula is C15H30N4O2. The Morgan fingerprint density at radius 3 is 2.43 bits per heavy atom. The van der Waals surface area contributed by atoms with Gasteiger partial charge in [-0.05, 0) is 50.7 Å². The molecule has 0 spiro atoms. The van der Waals surface area contributed by atoms with E-state index in [-0.39, 0.29) is 24.9 Å². The van der Waals surface area contributed by atoms with Crippen molar-refractivity contribution in [3.8, 4) is 0 Å². The van der Waals surface area contributed by atoms with Gasteiger partial charge in [-0.15, -0.1) is 0 Å². The number of nitrogens with zero attached hydrogens (tertiary/aromatic N) is 1. The van der Waals surface area contributed by atoms with Crippen molar-refractivity contribution in [2.75, 3.05) is 39.3 Å². The first-order valence-corrected chi connectivity index (χ1v) is 7.97. The van der Waals surface area contributed by atoms with Crippen molar-refractivity contribution in [1.82, 2.24) is 15.5 Å². The van der Waals surface area contributed by atoms with Crippen LogP contribution in [0.1, 0.15) is 33.1 Å². The van der Waals surface area contributed by atoms with E-state index in [0.717, 1.165) is 31.8 Å². The van der Waals surface area contributed by atoms with Gasteiger partial charge in [0.1, 0.15) is 0 Å². The van der Waals surface area contributed by atoms with Crippen LogP contribution in [0, 0.1) is 11.8 Å². The van der Waals surface area contributed by atoms with Gasteiger partial charge < -0.3 is 21.3 Å². The molecule has 122 valence electrons. The van der Waals surface area contributed by atoms with Gasteiger partial charge in [0.15, 0.2) is 0 Å². The first-order chi connectivity index (χ1) is 10.0. The summed E-state index contributed by atoms with van der Waals surface area (Å²) in [6.45, 7) is 8.58. The summed E-state index contributed by atoms with van der Waals surface area (Å²) in [6, 6.07) is 0. The molecule has 0 aromatic rings. The quantitative estimate of drug-likeness (QED) is 0.586. The number of carbonyl (C=O) groups excluding carboxylic acids is 2. The minimum Gasteiger partial charge on any atom is -0.354 e. The molecule has 4 N–H and O–H groups in total. The Hall–Kier alpha value is -1.14. The highest BCUT2D eigenvalue weighted by Crippen LogP contribution is 2.17. The summed E-state index contributed by atoms with van der Waals surface area (Å²) in [7, 11) is 0. The van der Waals surface area contributed by atoms with Crippen LogP contribution in [0.15, 0.2) is 0 Å². The van der Waals surface area contributed by atoms with Crippen molar-refractivity contribution in [2.24, 2.45) is 17.6 Å². The van der Waals surface area contributed by atoms with Crippen LogP contribution in [-0.2, 0) is 9.59 Å². The summed E-state index contributed by atoms with van der Waals surface area (Å²) >= 11 is 0. The normalized spacial score (nSPS) is 17.0. The fourth-order valence-corrected chi connectivity index (χ4v) is 2.43. The number of hydrogen-bond acceptors (Lipinski definition) is 4. The van der Waals surface area contributed by atoms with Crippen molar-refractivity contribution >= 4 is 11.8 Å². The van der Waals surface area contributed by atoms with Crippen molar-refractivity contribution in [3.63, 3.8) is 0 Å². The second kappa shape index (κ2) is 9.73. The number of nitrogens with one attached hydrogen (secondary N) is 2. The average molecular weight is 298 g/mol. The molecule has 1 heterocycles. The maximum Gasteiger partial charge on any atom is 0.239 e. The standard InChI is InChI=1S/C15H30N4O2/c1-12(2)3-6-19-7-4-13(5-8-19)10-17-15(21)11-18-14(20)9-16/h12-13H,3-11,16H2,1-2H3,(H,17,21)(H,18,20). The Bertz CT molecular complexity index is 326. The number of likely N-dealkylation sites (tertiary alicyclic amines) is 1. The molecule has 1 aliphatic heterocycles. The Morgan fingerprint density at radius 1 is 1.19 bits per heavy atom. The third-order valence-electron chi connectivity index (χ3n) is 3.95. The number of hydrogen-bond donors (Lipinski definition) is 3. The molecule has 0 atom stereocenters. The van der Waals surface area contributed by atoms with Crippen LogP contribution >= 0.6 is 0 Å². The van der Waals surface area contributed by atoms with Gasteiger partial charge in [0, 0.05) is 6.54 Å². The second-order valence-corrected chi connectivity index (χ2v) is 6.25. The Morgan fingerprint density at radius 2 is 1.86 bits per heavy atom. The molecule has 0 aliphatic carbocycles. The van der Waals surface area contributed by atoms with Crippen LogP contribution < -0.4 is 16.4 Å². The van der Waals surface area contributed by atoms with Crippen molar-refractivity contribution in [2.45, 2.75) is 33.1 Å². The van der Waals surface area contributed by atoms with Crippen LogP contribution in [0.4, 0.5) is 0 Å². The van der Waals surface area contributed by atoms with Gasteiger partial charge in [-0.3, -0.25) is 9.59 Å². The molecule has 0 radical (unpaired) electrons. The number of amides is 2. The van der Waals surface area contributed by atoms with Crippen LogP contribution in [0.2, 0.25) is 0 Å². The average Bonchev–Trinajstić information content (AvgIpc) is 2.49. The van der Waals surface area contributed by atoms with E-state index in [4.69, 9.17) is 5.73 Å². The molecule has 2 amide bonds. The maximum atomic E-state index is 11.6. The lowest BCUT2D eigenvalue weighted by molar-refractivity contribution is -0.125. The zero-order valence-corrected chi connectivity index (χ0v) is 13.4. The lowest BCUT2D eigenvalue weighted by Crippen LogP contribution is -2.43. The monoisotopic (exact) mass is 298 g/mol. The predicted molar refractivity (Wildman–Crippen MR) is 83.7 cm³/mol. The van der Waals surface area contributed by atoms with Gasteiger partial charge in [-0.1, -0.05) is 13.8 Å². The van der Waals surface area contributed by atoms with E-state index in [0.29, 0.717) is 12.5 Å². The van der Waals surface area contributed by atoms with Gasteiger partial charge in [-0.25, -0.2) is 0 Å². The van der Waals surface area contributed by atoms with Crippen LogP contribution in [-0.4, -0.2) is 56.0 Å². The van der Waals surface area contributed by atoms with E-state index in [1.807, 2.05) is 0 Å². The zero-order valence-electron chi connectivity index (χ0n) is 13.4. The third kappa shape index (κ3) is 8.02. The minimum atomic E-state index is -0.302. The molecule has 0 aromatic carbocycles. The summed E-state index contributed by atoms with van der Waals surface area (Å²) in [5, 5.41) is 5.35. The molecule has 0 aromatic heterocycles. The van der Waals surface area contributed by atoms with Crippen LogP contribution in [0.5, 0.6) is 0 Å². The van der Waals surface area contributed by atoms with E-state index >= 15 is 0 Å². The maximum absolute atomic E-state index is 11.6. The number of nitrogens with two attached hydrogens (primary N) is 1. The van der Waals surface area contributed by atoms with E-state index < -0.39 is 0 Å². The van der Waals surface area contributed by atoms with Crippen molar-refractivity contribution in [3.05, 3.63) is 0 Å². The van der Waals surface area contributed by atoms with Gasteiger partial charge in [0.2, 0.25) is 11.8 Å². The molecule has 1 saturated heterocycles. The first kappa shape index (κ1) is 17.9. The molecular weight excluding hydrogens is 268 g/mol. The summed E-state index contributed by atoms with van der Waals surface area (Å²) in [6.07, 6.45) is 3.52. The SMILES string of the molecule is CC(C)CCN1CCC(CNC(=O)CNC(=O)CN)CC1. The number of piperidine rings is 1.